The summed E-state index contributed by atoms with van der Waals surface area (Å²) in [6.07, 6.45) is 4.52. The zero-order chi connectivity index (χ0) is 17.9. The number of hydrogen-bond acceptors (Lipinski definition) is 7. The van der Waals surface area contributed by atoms with Crippen molar-refractivity contribution in [1.82, 2.24) is 14.9 Å². The van der Waals surface area contributed by atoms with Crippen molar-refractivity contribution in [2.75, 3.05) is 19.7 Å². The Labute approximate surface area is 156 Å². The van der Waals surface area contributed by atoms with Crippen LogP contribution in [0.3, 0.4) is 0 Å². The minimum absolute atomic E-state index is 0.146. The number of amides is 1. The Morgan fingerprint density at radius 2 is 2.27 bits per heavy atom. The lowest BCUT2D eigenvalue weighted by Gasteiger charge is -2.31. The molecule has 4 rings (SSSR count). The number of thiazole rings is 1. The molecule has 0 bridgehead atoms. The monoisotopic (exact) mass is 374 g/mol. The number of nitrogens with two attached hydrogens (primary N) is 1. The SMILES string of the molecule is NC(=O)c1cc(OC2CCN(Cc3nc4c(s3)COCC4)CC2)ccn1. The summed E-state index contributed by atoms with van der Waals surface area (Å²) in [4.78, 5) is 23.6. The molecule has 0 atom stereocenters. The van der Waals surface area contributed by atoms with Crippen LogP contribution in [-0.4, -0.2) is 46.6 Å². The van der Waals surface area contributed by atoms with E-state index in [-0.39, 0.29) is 11.8 Å². The molecule has 2 aliphatic rings. The van der Waals surface area contributed by atoms with Gasteiger partial charge in [-0.2, -0.15) is 0 Å². The Hall–Kier alpha value is -2.03. The number of ether oxygens (including phenoxy) is 2. The fourth-order valence-corrected chi connectivity index (χ4v) is 4.43. The molecule has 1 fully saturated rings. The van der Waals surface area contributed by atoms with E-state index in [0.717, 1.165) is 45.5 Å². The van der Waals surface area contributed by atoms with Gasteiger partial charge in [-0.3, -0.25) is 14.7 Å². The first-order chi connectivity index (χ1) is 12.7. The molecule has 7 nitrogen and oxygen atoms in total. The first-order valence-electron chi connectivity index (χ1n) is 8.87. The number of carbonyl (C=O) groups excluding carboxylic acids is 1. The summed E-state index contributed by atoms with van der Waals surface area (Å²) in [7, 11) is 0. The van der Waals surface area contributed by atoms with Crippen molar-refractivity contribution in [3.8, 4) is 5.75 Å². The van der Waals surface area contributed by atoms with Crippen molar-refractivity contribution < 1.29 is 14.3 Å². The van der Waals surface area contributed by atoms with E-state index >= 15 is 0 Å². The van der Waals surface area contributed by atoms with Crippen LogP contribution in [0.1, 0.15) is 38.9 Å². The van der Waals surface area contributed by atoms with Gasteiger partial charge in [0, 0.05) is 31.8 Å². The average molecular weight is 374 g/mol. The highest BCUT2D eigenvalue weighted by atomic mass is 32.1. The van der Waals surface area contributed by atoms with Gasteiger partial charge in [-0.05, 0) is 18.9 Å². The second kappa shape index (κ2) is 7.69. The van der Waals surface area contributed by atoms with Gasteiger partial charge in [-0.15, -0.1) is 11.3 Å². The van der Waals surface area contributed by atoms with Crippen molar-refractivity contribution >= 4 is 17.2 Å². The highest BCUT2D eigenvalue weighted by Gasteiger charge is 2.23. The third-order valence-corrected chi connectivity index (χ3v) is 5.77. The van der Waals surface area contributed by atoms with Crippen LogP contribution in [-0.2, 0) is 24.3 Å². The zero-order valence-corrected chi connectivity index (χ0v) is 15.3. The Balaban J connectivity index is 1.29. The molecule has 0 radical (unpaired) electrons. The van der Waals surface area contributed by atoms with Gasteiger partial charge in [0.1, 0.15) is 22.6 Å². The maximum atomic E-state index is 11.2. The molecular weight excluding hydrogens is 352 g/mol. The number of primary amides is 1. The fourth-order valence-electron chi connectivity index (χ4n) is 3.33. The van der Waals surface area contributed by atoms with Crippen LogP contribution in [0, 0.1) is 0 Å². The van der Waals surface area contributed by atoms with Gasteiger partial charge < -0.3 is 15.2 Å². The summed E-state index contributed by atoms with van der Waals surface area (Å²) in [5.41, 5.74) is 6.72. The van der Waals surface area contributed by atoms with Gasteiger partial charge in [-0.25, -0.2) is 4.98 Å². The van der Waals surface area contributed by atoms with E-state index in [1.165, 1.54) is 15.6 Å². The molecule has 4 heterocycles. The fraction of sp³-hybridized carbons (Fsp3) is 0.500. The van der Waals surface area contributed by atoms with E-state index in [2.05, 4.69) is 9.88 Å². The Kier molecular flexibility index (Phi) is 5.14. The Morgan fingerprint density at radius 3 is 3.04 bits per heavy atom. The lowest BCUT2D eigenvalue weighted by atomic mass is 10.1. The standard InChI is InChI=1S/C18H22N4O3S/c19-18(23)15-9-13(1-5-20-15)25-12-2-6-22(7-3-12)10-17-21-14-4-8-24-11-16(14)26-17/h1,5,9,12H,2-4,6-8,10-11H2,(H2,19,23). The maximum Gasteiger partial charge on any atom is 0.267 e. The molecule has 138 valence electrons. The lowest BCUT2D eigenvalue weighted by Crippen LogP contribution is -2.37. The van der Waals surface area contributed by atoms with Crippen molar-refractivity contribution in [2.24, 2.45) is 5.73 Å². The molecule has 2 aliphatic heterocycles. The number of likely N-dealkylation sites (tertiary alicyclic amines) is 1. The van der Waals surface area contributed by atoms with E-state index in [1.54, 1.807) is 29.7 Å². The van der Waals surface area contributed by atoms with Gasteiger partial charge >= 0.3 is 0 Å². The summed E-state index contributed by atoms with van der Waals surface area (Å²) >= 11 is 1.78. The van der Waals surface area contributed by atoms with Crippen LogP contribution in [0.2, 0.25) is 0 Å². The third-order valence-electron chi connectivity index (χ3n) is 4.72. The van der Waals surface area contributed by atoms with Crippen LogP contribution >= 0.6 is 11.3 Å². The predicted octanol–water partition coefficient (Wildman–Crippen LogP) is 1.75. The lowest BCUT2D eigenvalue weighted by molar-refractivity contribution is 0.0952. The molecule has 1 saturated heterocycles. The van der Waals surface area contributed by atoms with Crippen LogP contribution in [0.4, 0.5) is 0 Å². The second-order valence-electron chi connectivity index (χ2n) is 6.61. The maximum absolute atomic E-state index is 11.2. The highest BCUT2D eigenvalue weighted by molar-refractivity contribution is 7.11. The van der Waals surface area contributed by atoms with Crippen LogP contribution < -0.4 is 10.5 Å². The van der Waals surface area contributed by atoms with Gasteiger partial charge in [0.25, 0.3) is 5.91 Å². The average Bonchev–Trinajstić information content (AvgIpc) is 3.06. The minimum atomic E-state index is -0.540. The first-order valence-corrected chi connectivity index (χ1v) is 9.69. The summed E-state index contributed by atoms with van der Waals surface area (Å²) < 4.78 is 11.5. The quantitative estimate of drug-likeness (QED) is 0.857. The Bertz CT molecular complexity index is 763. The molecule has 1 amide bonds. The molecule has 26 heavy (non-hydrogen) atoms. The number of piperidine rings is 1. The van der Waals surface area contributed by atoms with E-state index < -0.39 is 5.91 Å². The summed E-state index contributed by atoms with van der Waals surface area (Å²) in [6.45, 7) is 4.33. The molecule has 0 unspecified atom stereocenters. The molecule has 2 N–H and O–H groups in total. The smallest absolute Gasteiger partial charge is 0.267 e. The number of pyridine rings is 1. The molecule has 0 saturated carbocycles. The summed E-state index contributed by atoms with van der Waals surface area (Å²) in [5.74, 6) is 0.113. The normalized spacial score (nSPS) is 18.5. The summed E-state index contributed by atoms with van der Waals surface area (Å²) in [6, 6.07) is 3.37. The highest BCUT2D eigenvalue weighted by Crippen LogP contribution is 2.26. The van der Waals surface area contributed by atoms with Gasteiger partial charge in [0.05, 0.1) is 30.3 Å². The van der Waals surface area contributed by atoms with Gasteiger partial charge in [0.2, 0.25) is 0 Å². The van der Waals surface area contributed by atoms with Gasteiger partial charge in [-0.1, -0.05) is 0 Å². The van der Waals surface area contributed by atoms with Crippen molar-refractivity contribution in [3.05, 3.63) is 39.6 Å². The molecule has 0 spiro atoms. The van der Waals surface area contributed by atoms with E-state index in [1.807, 2.05) is 0 Å². The van der Waals surface area contributed by atoms with E-state index in [9.17, 15) is 4.79 Å². The number of fused-ring (bicyclic) bond motifs is 1. The van der Waals surface area contributed by atoms with Crippen LogP contribution in [0.15, 0.2) is 18.3 Å². The molecule has 8 heteroatoms. The van der Waals surface area contributed by atoms with Crippen molar-refractivity contribution in [3.63, 3.8) is 0 Å². The van der Waals surface area contributed by atoms with E-state index in [0.29, 0.717) is 12.4 Å². The molecule has 0 aromatic carbocycles. The zero-order valence-electron chi connectivity index (χ0n) is 14.5. The third kappa shape index (κ3) is 4.03. The molecular formula is C18H22N4O3S. The van der Waals surface area contributed by atoms with Crippen molar-refractivity contribution in [2.45, 2.75) is 38.5 Å². The largest absolute Gasteiger partial charge is 0.490 e. The number of carbonyl (C=O) groups is 1. The summed E-state index contributed by atoms with van der Waals surface area (Å²) in [5, 5.41) is 1.18. The molecule has 0 aliphatic carbocycles. The van der Waals surface area contributed by atoms with Crippen LogP contribution in [0.25, 0.3) is 0 Å². The number of aromatic nitrogens is 2. The second-order valence-corrected chi connectivity index (χ2v) is 7.78. The number of nitrogens with zero attached hydrogens (tertiary/aromatic N) is 3. The number of rotatable bonds is 5. The Morgan fingerprint density at radius 1 is 1.42 bits per heavy atom. The predicted molar refractivity (Wildman–Crippen MR) is 97.2 cm³/mol. The number of hydrogen-bond donors (Lipinski definition) is 1. The van der Waals surface area contributed by atoms with Gasteiger partial charge in [0.15, 0.2) is 0 Å². The molecule has 2 aromatic rings. The first kappa shape index (κ1) is 17.4. The minimum Gasteiger partial charge on any atom is -0.490 e. The van der Waals surface area contributed by atoms with Crippen LogP contribution in [0.5, 0.6) is 5.75 Å². The van der Waals surface area contributed by atoms with E-state index in [4.69, 9.17) is 20.2 Å². The molecule has 2 aromatic heterocycles. The topological polar surface area (TPSA) is 90.6 Å². The van der Waals surface area contributed by atoms with Crippen molar-refractivity contribution in [1.29, 1.82) is 0 Å².